The second kappa shape index (κ2) is 7.09. The zero-order chi connectivity index (χ0) is 11.8. The molecule has 0 aliphatic rings. The minimum Gasteiger partial charge on any atom is -0.310 e. The molecule has 1 heteroatoms. The molecule has 0 saturated carbocycles. The average molecular weight is 215 g/mol. The molecule has 0 fully saturated rings. The van der Waals surface area contributed by atoms with Gasteiger partial charge in [0.1, 0.15) is 0 Å². The van der Waals surface area contributed by atoms with Crippen LogP contribution in [-0.2, 0) is 0 Å². The summed E-state index contributed by atoms with van der Waals surface area (Å²) >= 11 is 0. The van der Waals surface area contributed by atoms with E-state index in [0.29, 0.717) is 6.04 Å². The van der Waals surface area contributed by atoms with Gasteiger partial charge in [0.15, 0.2) is 0 Å². The molecule has 1 unspecified atom stereocenters. The van der Waals surface area contributed by atoms with Gasteiger partial charge in [0, 0.05) is 12.5 Å². The van der Waals surface area contributed by atoms with E-state index in [4.69, 9.17) is 0 Å². The largest absolute Gasteiger partial charge is 0.310 e. The summed E-state index contributed by atoms with van der Waals surface area (Å²) in [6.07, 6.45) is 2.04. The molecule has 0 amide bonds. The number of rotatable bonds is 5. The van der Waals surface area contributed by atoms with Crippen molar-refractivity contribution in [1.29, 1.82) is 0 Å². The number of hydrogen-bond acceptors (Lipinski definition) is 1. The zero-order valence-electron chi connectivity index (χ0n) is 10.5. The smallest absolute Gasteiger partial charge is 0.0329 e. The maximum absolute atomic E-state index is 3.52. The van der Waals surface area contributed by atoms with E-state index >= 15 is 0 Å². The molecule has 0 bridgehead atoms. The van der Waals surface area contributed by atoms with E-state index in [0.717, 1.165) is 19.4 Å². The first-order chi connectivity index (χ1) is 7.77. The van der Waals surface area contributed by atoms with Crippen molar-refractivity contribution in [1.82, 2.24) is 5.32 Å². The third-order valence-corrected chi connectivity index (χ3v) is 2.63. The Kier molecular flexibility index (Phi) is 5.67. The third-order valence-electron chi connectivity index (χ3n) is 2.63. The maximum atomic E-state index is 3.52. The van der Waals surface area contributed by atoms with Crippen molar-refractivity contribution in [3.63, 3.8) is 0 Å². The van der Waals surface area contributed by atoms with E-state index in [2.05, 4.69) is 55.3 Å². The lowest BCUT2D eigenvalue weighted by Crippen LogP contribution is -2.20. The van der Waals surface area contributed by atoms with E-state index in [9.17, 15) is 0 Å². The Morgan fingerprint density at radius 2 is 2.19 bits per heavy atom. The summed E-state index contributed by atoms with van der Waals surface area (Å²) in [7, 11) is 0. The highest BCUT2D eigenvalue weighted by Crippen LogP contribution is 2.19. The molecule has 86 valence electrons. The van der Waals surface area contributed by atoms with Crippen molar-refractivity contribution < 1.29 is 0 Å². The molecule has 1 nitrogen and oxygen atoms in total. The first-order valence-electron chi connectivity index (χ1n) is 5.97. The molecule has 1 rings (SSSR count). The van der Waals surface area contributed by atoms with Crippen molar-refractivity contribution in [3.05, 3.63) is 35.4 Å². The Balaban J connectivity index is 2.70. The van der Waals surface area contributed by atoms with Gasteiger partial charge >= 0.3 is 0 Å². The van der Waals surface area contributed by atoms with E-state index in [-0.39, 0.29) is 0 Å². The number of nitrogens with one attached hydrogen (secondary N) is 1. The lowest BCUT2D eigenvalue weighted by molar-refractivity contribution is 0.522. The second-order valence-electron chi connectivity index (χ2n) is 3.99. The number of aryl methyl sites for hydroxylation is 1. The summed E-state index contributed by atoms with van der Waals surface area (Å²) in [5.41, 5.74) is 2.70. The molecule has 1 atom stereocenters. The molecular formula is C15H21N. The third kappa shape index (κ3) is 4.08. The minimum atomic E-state index is 0.436. The molecule has 0 aliphatic heterocycles. The van der Waals surface area contributed by atoms with E-state index in [1.54, 1.807) is 0 Å². The number of benzene rings is 1. The van der Waals surface area contributed by atoms with Crippen LogP contribution in [0.1, 0.15) is 43.9 Å². The lowest BCUT2D eigenvalue weighted by Gasteiger charge is -2.17. The van der Waals surface area contributed by atoms with Crippen LogP contribution in [0.25, 0.3) is 0 Å². The summed E-state index contributed by atoms with van der Waals surface area (Å²) < 4.78 is 0. The van der Waals surface area contributed by atoms with E-state index in [1.807, 2.05) is 6.92 Å². The predicted molar refractivity (Wildman–Crippen MR) is 70.3 cm³/mol. The van der Waals surface area contributed by atoms with Gasteiger partial charge in [0.05, 0.1) is 0 Å². The van der Waals surface area contributed by atoms with Gasteiger partial charge < -0.3 is 5.32 Å². The molecule has 0 aliphatic carbocycles. The van der Waals surface area contributed by atoms with Crippen LogP contribution in [0.15, 0.2) is 24.3 Å². The van der Waals surface area contributed by atoms with Crippen molar-refractivity contribution in [2.45, 2.75) is 39.7 Å². The van der Waals surface area contributed by atoms with Crippen molar-refractivity contribution in [2.24, 2.45) is 0 Å². The SMILES string of the molecule is CC#CCCC(NCC)c1cccc(C)c1. The van der Waals surface area contributed by atoms with Crippen LogP contribution in [0.4, 0.5) is 0 Å². The molecule has 0 aromatic heterocycles. The van der Waals surface area contributed by atoms with Crippen LogP contribution in [0, 0.1) is 18.8 Å². The summed E-state index contributed by atoms with van der Waals surface area (Å²) in [4.78, 5) is 0. The summed E-state index contributed by atoms with van der Waals surface area (Å²) in [6, 6.07) is 9.15. The fourth-order valence-corrected chi connectivity index (χ4v) is 1.86. The molecule has 0 spiro atoms. The standard InChI is InChI=1S/C15H21N/c1-4-6-7-11-15(16-5-2)14-10-8-9-13(3)12-14/h8-10,12,15-16H,5,7,11H2,1-3H3. The Morgan fingerprint density at radius 3 is 2.81 bits per heavy atom. The zero-order valence-corrected chi connectivity index (χ0v) is 10.5. The summed E-state index contributed by atoms with van der Waals surface area (Å²) in [6.45, 7) is 7.18. The maximum Gasteiger partial charge on any atom is 0.0329 e. The normalized spacial score (nSPS) is 11.7. The second-order valence-corrected chi connectivity index (χ2v) is 3.99. The Bertz CT molecular complexity index is 371. The van der Waals surface area contributed by atoms with Gasteiger partial charge in [-0.3, -0.25) is 0 Å². The van der Waals surface area contributed by atoms with Crippen LogP contribution >= 0.6 is 0 Å². The molecule has 1 aromatic rings. The van der Waals surface area contributed by atoms with Crippen molar-refractivity contribution in [2.75, 3.05) is 6.54 Å². The molecule has 1 N–H and O–H groups in total. The van der Waals surface area contributed by atoms with Gasteiger partial charge in [-0.1, -0.05) is 36.8 Å². The molecule has 0 heterocycles. The highest BCUT2D eigenvalue weighted by Gasteiger charge is 2.08. The molecule has 0 saturated heterocycles. The topological polar surface area (TPSA) is 12.0 Å². The predicted octanol–water partition coefficient (Wildman–Crippen LogP) is 3.45. The van der Waals surface area contributed by atoms with E-state index in [1.165, 1.54) is 11.1 Å². The Labute approximate surface area is 99.3 Å². The Hall–Kier alpha value is -1.26. The van der Waals surface area contributed by atoms with Crippen LogP contribution in [0.5, 0.6) is 0 Å². The lowest BCUT2D eigenvalue weighted by atomic mass is 10.0. The van der Waals surface area contributed by atoms with Crippen molar-refractivity contribution >= 4 is 0 Å². The molecule has 0 radical (unpaired) electrons. The highest BCUT2D eigenvalue weighted by atomic mass is 14.9. The van der Waals surface area contributed by atoms with Crippen LogP contribution in [0.2, 0.25) is 0 Å². The van der Waals surface area contributed by atoms with Gasteiger partial charge in [-0.25, -0.2) is 0 Å². The van der Waals surface area contributed by atoms with E-state index < -0.39 is 0 Å². The van der Waals surface area contributed by atoms with Gasteiger partial charge in [0.2, 0.25) is 0 Å². The quantitative estimate of drug-likeness (QED) is 0.742. The highest BCUT2D eigenvalue weighted by molar-refractivity contribution is 5.25. The van der Waals surface area contributed by atoms with Gasteiger partial charge in [-0.05, 0) is 32.4 Å². The van der Waals surface area contributed by atoms with Crippen molar-refractivity contribution in [3.8, 4) is 11.8 Å². The van der Waals surface area contributed by atoms with Gasteiger partial charge in [-0.15, -0.1) is 11.8 Å². The van der Waals surface area contributed by atoms with Crippen LogP contribution in [0.3, 0.4) is 0 Å². The average Bonchev–Trinajstić information content (AvgIpc) is 2.28. The summed E-state index contributed by atoms with van der Waals surface area (Å²) in [5.74, 6) is 6.08. The fourth-order valence-electron chi connectivity index (χ4n) is 1.86. The molecule has 16 heavy (non-hydrogen) atoms. The van der Waals surface area contributed by atoms with Gasteiger partial charge in [-0.2, -0.15) is 0 Å². The fraction of sp³-hybridized carbons (Fsp3) is 0.467. The van der Waals surface area contributed by atoms with Gasteiger partial charge in [0.25, 0.3) is 0 Å². The monoisotopic (exact) mass is 215 g/mol. The molecule has 1 aromatic carbocycles. The number of hydrogen-bond donors (Lipinski definition) is 1. The first-order valence-corrected chi connectivity index (χ1v) is 5.97. The van der Waals surface area contributed by atoms with Crippen LogP contribution < -0.4 is 5.32 Å². The molecular weight excluding hydrogens is 194 g/mol. The summed E-state index contributed by atoms with van der Waals surface area (Å²) in [5, 5.41) is 3.52. The van der Waals surface area contributed by atoms with Crippen LogP contribution in [-0.4, -0.2) is 6.54 Å². The minimum absolute atomic E-state index is 0.436. The first kappa shape index (κ1) is 12.8. The Morgan fingerprint density at radius 1 is 1.38 bits per heavy atom.